The highest BCUT2D eigenvalue weighted by Gasteiger charge is 1.87. The Hall–Kier alpha value is 0.01000. The third-order valence-corrected chi connectivity index (χ3v) is 3.57. The summed E-state index contributed by atoms with van der Waals surface area (Å²) in [5.41, 5.74) is 1.19. The maximum absolute atomic E-state index is 5.22. The van der Waals surface area contributed by atoms with Crippen molar-refractivity contribution in [2.24, 2.45) is 0 Å². The summed E-state index contributed by atoms with van der Waals surface area (Å²) < 4.78 is 3.26. The maximum atomic E-state index is 5.22. The molecule has 0 bridgehead atoms. The molecule has 17 heavy (non-hydrogen) atoms. The van der Waals surface area contributed by atoms with Gasteiger partial charge in [0, 0.05) is 17.2 Å². The van der Waals surface area contributed by atoms with E-state index in [-0.39, 0.29) is 7.43 Å². The number of nitrogens with one attached hydrogen (secondary N) is 1. The van der Waals surface area contributed by atoms with Gasteiger partial charge in [-0.15, -0.1) is 0 Å². The SMILES string of the molecule is C.CCCSCl.CCCSNc1ccccc1. The van der Waals surface area contributed by atoms with Gasteiger partial charge in [-0.3, -0.25) is 0 Å². The molecular weight excluding hydrogens is 270 g/mol. The van der Waals surface area contributed by atoms with Gasteiger partial charge in [0.2, 0.25) is 0 Å². The van der Waals surface area contributed by atoms with Gasteiger partial charge in [0.1, 0.15) is 0 Å². The number of rotatable bonds is 6. The summed E-state index contributed by atoms with van der Waals surface area (Å²) in [7, 11) is 6.59. The standard InChI is InChI=1S/C9H13NS.C3H7ClS.CH4/c1-2-8-11-10-9-6-4-3-5-7-9;1-2-3-5-4;/h3-7,10H,2,8H2,1H3;2-3H2,1H3;1H4. The van der Waals surface area contributed by atoms with Crippen LogP contribution in [0.2, 0.25) is 0 Å². The molecule has 0 unspecified atom stereocenters. The highest BCUT2D eigenvalue weighted by atomic mass is 35.7. The molecule has 0 heterocycles. The smallest absolute Gasteiger partial charge is 0.0440 e. The first kappa shape index (κ1) is 19.4. The molecular formula is C13H24ClNS2. The Balaban J connectivity index is 0. The minimum atomic E-state index is 0. The van der Waals surface area contributed by atoms with Crippen LogP contribution in [0.5, 0.6) is 0 Å². The Morgan fingerprint density at radius 3 is 2.06 bits per heavy atom. The van der Waals surface area contributed by atoms with E-state index < -0.39 is 0 Å². The van der Waals surface area contributed by atoms with Gasteiger partial charge >= 0.3 is 0 Å². The van der Waals surface area contributed by atoms with Crippen LogP contribution >= 0.6 is 33.6 Å². The van der Waals surface area contributed by atoms with Crippen LogP contribution in [0.15, 0.2) is 30.3 Å². The first-order valence-electron chi connectivity index (χ1n) is 5.51. The van der Waals surface area contributed by atoms with Crippen LogP contribution in [0.25, 0.3) is 0 Å². The second-order valence-electron chi connectivity index (χ2n) is 3.13. The molecule has 0 atom stereocenters. The monoisotopic (exact) mass is 293 g/mol. The summed E-state index contributed by atoms with van der Waals surface area (Å²) in [6, 6.07) is 10.2. The van der Waals surface area contributed by atoms with Crippen molar-refractivity contribution < 1.29 is 0 Å². The third kappa shape index (κ3) is 13.9. The van der Waals surface area contributed by atoms with E-state index in [2.05, 4.69) is 30.7 Å². The van der Waals surface area contributed by atoms with E-state index in [4.69, 9.17) is 10.7 Å². The van der Waals surface area contributed by atoms with Gasteiger partial charge in [0.15, 0.2) is 0 Å². The summed E-state index contributed by atoms with van der Waals surface area (Å²) in [5, 5.41) is 0. The topological polar surface area (TPSA) is 12.0 Å². The van der Waals surface area contributed by atoms with E-state index >= 15 is 0 Å². The second-order valence-corrected chi connectivity index (χ2v) is 5.31. The van der Waals surface area contributed by atoms with Crippen molar-refractivity contribution in [3.05, 3.63) is 30.3 Å². The van der Waals surface area contributed by atoms with E-state index in [1.165, 1.54) is 29.5 Å². The van der Waals surface area contributed by atoms with Crippen molar-refractivity contribution in [1.82, 2.24) is 0 Å². The molecule has 4 heteroatoms. The summed E-state index contributed by atoms with van der Waals surface area (Å²) in [5.74, 6) is 2.23. The molecule has 0 spiro atoms. The molecule has 0 saturated carbocycles. The Morgan fingerprint density at radius 1 is 1.06 bits per heavy atom. The number of hydrogen-bond donors (Lipinski definition) is 1. The highest BCUT2D eigenvalue weighted by Crippen LogP contribution is 2.11. The zero-order valence-electron chi connectivity index (χ0n) is 9.91. The van der Waals surface area contributed by atoms with E-state index in [0.717, 1.165) is 11.5 Å². The first-order valence-corrected chi connectivity index (χ1v) is 8.31. The van der Waals surface area contributed by atoms with Crippen LogP contribution in [0, 0.1) is 0 Å². The van der Waals surface area contributed by atoms with Gasteiger partial charge in [0.05, 0.1) is 0 Å². The molecule has 0 aromatic heterocycles. The largest absolute Gasteiger partial charge is 0.330 e. The summed E-state index contributed by atoms with van der Waals surface area (Å²) in [6.07, 6.45) is 2.39. The van der Waals surface area contributed by atoms with Crippen LogP contribution in [-0.2, 0) is 0 Å². The van der Waals surface area contributed by atoms with Gasteiger partial charge < -0.3 is 4.72 Å². The molecule has 0 aliphatic rings. The van der Waals surface area contributed by atoms with Crippen molar-refractivity contribution >= 4 is 39.3 Å². The van der Waals surface area contributed by atoms with E-state index in [0.29, 0.717) is 0 Å². The molecule has 0 aliphatic heterocycles. The fourth-order valence-corrected chi connectivity index (χ4v) is 2.05. The Morgan fingerprint density at radius 2 is 1.65 bits per heavy atom. The number of hydrogen-bond acceptors (Lipinski definition) is 3. The predicted octanol–water partition coefficient (Wildman–Crippen LogP) is 6.08. The Bertz CT molecular complexity index is 230. The molecule has 100 valence electrons. The van der Waals surface area contributed by atoms with Crippen LogP contribution in [0.4, 0.5) is 5.69 Å². The van der Waals surface area contributed by atoms with Gasteiger partial charge in [-0.05, 0) is 35.7 Å². The molecule has 1 rings (SSSR count). The molecule has 1 nitrogen and oxygen atoms in total. The van der Waals surface area contributed by atoms with Crippen LogP contribution in [-0.4, -0.2) is 11.5 Å². The number of anilines is 1. The predicted molar refractivity (Wildman–Crippen MR) is 88.1 cm³/mol. The lowest BCUT2D eigenvalue weighted by molar-refractivity contribution is 1.11. The van der Waals surface area contributed by atoms with E-state index in [9.17, 15) is 0 Å². The minimum Gasteiger partial charge on any atom is -0.330 e. The van der Waals surface area contributed by atoms with Crippen LogP contribution in [0.1, 0.15) is 34.1 Å². The number of para-hydroxylation sites is 1. The van der Waals surface area contributed by atoms with Crippen molar-refractivity contribution in [1.29, 1.82) is 0 Å². The lowest BCUT2D eigenvalue weighted by Crippen LogP contribution is -1.86. The zero-order chi connectivity index (χ0) is 12.1. The summed E-state index contributed by atoms with van der Waals surface area (Å²) in [4.78, 5) is 0. The lowest BCUT2D eigenvalue weighted by Gasteiger charge is -2.02. The highest BCUT2D eigenvalue weighted by molar-refractivity contribution is 8.21. The zero-order valence-corrected chi connectivity index (χ0v) is 12.3. The van der Waals surface area contributed by atoms with Gasteiger partial charge in [-0.25, -0.2) is 0 Å². The number of halogens is 1. The average Bonchev–Trinajstić information content (AvgIpc) is 2.33. The van der Waals surface area contributed by atoms with E-state index in [1.807, 2.05) is 18.2 Å². The molecule has 0 aliphatic carbocycles. The number of benzene rings is 1. The Kier molecular flexibility index (Phi) is 18.2. The molecule has 0 radical (unpaired) electrons. The van der Waals surface area contributed by atoms with Crippen molar-refractivity contribution in [3.8, 4) is 0 Å². The molecule has 0 fully saturated rings. The minimum absolute atomic E-state index is 0. The van der Waals surface area contributed by atoms with Crippen molar-refractivity contribution in [3.63, 3.8) is 0 Å². The molecule has 0 saturated heterocycles. The van der Waals surface area contributed by atoms with Crippen LogP contribution in [0.3, 0.4) is 0 Å². The van der Waals surface area contributed by atoms with Gasteiger partial charge in [0.25, 0.3) is 0 Å². The third-order valence-electron chi connectivity index (χ3n) is 1.55. The summed E-state index contributed by atoms with van der Waals surface area (Å²) in [6.45, 7) is 4.29. The van der Waals surface area contributed by atoms with Crippen molar-refractivity contribution in [2.75, 3.05) is 16.2 Å². The average molecular weight is 294 g/mol. The second kappa shape index (κ2) is 16.0. The molecule has 1 aromatic rings. The molecule has 1 N–H and O–H groups in total. The first-order chi connectivity index (χ1) is 7.85. The quantitative estimate of drug-likeness (QED) is 0.504. The fourth-order valence-electron chi connectivity index (χ4n) is 0.820. The lowest BCUT2D eigenvalue weighted by atomic mass is 10.3. The van der Waals surface area contributed by atoms with Gasteiger partial charge in [-0.2, -0.15) is 0 Å². The van der Waals surface area contributed by atoms with Crippen LogP contribution < -0.4 is 4.72 Å². The Labute approximate surface area is 120 Å². The van der Waals surface area contributed by atoms with Gasteiger partial charge in [-0.1, -0.05) is 62.4 Å². The molecule has 0 amide bonds. The summed E-state index contributed by atoms with van der Waals surface area (Å²) >= 11 is 1.76. The molecule has 1 aromatic carbocycles. The van der Waals surface area contributed by atoms with E-state index in [1.54, 1.807) is 11.9 Å². The normalized spacial score (nSPS) is 8.65. The van der Waals surface area contributed by atoms with Crippen molar-refractivity contribution in [2.45, 2.75) is 34.1 Å². The fraction of sp³-hybridized carbons (Fsp3) is 0.538. The maximum Gasteiger partial charge on any atom is 0.0440 e.